The number of phenolic OH excluding ortho intramolecular Hbond substituents is 1. The highest BCUT2D eigenvalue weighted by molar-refractivity contribution is 5.82. The maximum Gasteiger partial charge on any atom is 0.154 e. The summed E-state index contributed by atoms with van der Waals surface area (Å²) >= 11 is 0. The fourth-order valence-electron chi connectivity index (χ4n) is 1.50. The van der Waals surface area contributed by atoms with E-state index in [9.17, 15) is 5.11 Å². The minimum atomic E-state index is -0.0861. The van der Waals surface area contributed by atoms with Gasteiger partial charge >= 0.3 is 0 Å². The highest BCUT2D eigenvalue weighted by atomic mass is 16.3. The number of hydrogen-bond donors (Lipinski definition) is 2. The van der Waals surface area contributed by atoms with Gasteiger partial charge in [0.05, 0.1) is 0 Å². The molecule has 0 fully saturated rings. The molecule has 0 radical (unpaired) electrons. The molecule has 4 nitrogen and oxygen atoms in total. The lowest BCUT2D eigenvalue weighted by atomic mass is 9.86. The van der Waals surface area contributed by atoms with Crippen LogP contribution in [0.4, 0.5) is 0 Å². The second-order valence-electron chi connectivity index (χ2n) is 4.40. The SMILES string of the molecule is CC(C)(C)c1ccc2n[nH]nc2c1O. The van der Waals surface area contributed by atoms with Crippen molar-refractivity contribution in [3.63, 3.8) is 0 Å². The zero-order valence-electron chi connectivity index (χ0n) is 8.50. The molecule has 2 N–H and O–H groups in total. The molecule has 0 amide bonds. The van der Waals surface area contributed by atoms with E-state index in [2.05, 4.69) is 15.4 Å². The van der Waals surface area contributed by atoms with Gasteiger partial charge in [-0.2, -0.15) is 15.4 Å². The van der Waals surface area contributed by atoms with Gasteiger partial charge < -0.3 is 5.11 Å². The molecule has 2 rings (SSSR count). The highest BCUT2D eigenvalue weighted by Gasteiger charge is 2.20. The molecular formula is C10H13N3O. The first-order valence-corrected chi connectivity index (χ1v) is 4.53. The third-order valence-corrected chi connectivity index (χ3v) is 2.27. The summed E-state index contributed by atoms with van der Waals surface area (Å²) in [4.78, 5) is 0. The Kier molecular flexibility index (Phi) is 1.74. The van der Waals surface area contributed by atoms with Crippen LogP contribution in [0.25, 0.3) is 11.0 Å². The van der Waals surface area contributed by atoms with Crippen LogP contribution in [0, 0.1) is 0 Å². The smallest absolute Gasteiger partial charge is 0.154 e. The van der Waals surface area contributed by atoms with E-state index >= 15 is 0 Å². The lowest BCUT2D eigenvalue weighted by Crippen LogP contribution is -2.11. The zero-order valence-corrected chi connectivity index (χ0v) is 8.50. The first-order chi connectivity index (χ1) is 6.50. The Morgan fingerprint density at radius 1 is 1.21 bits per heavy atom. The van der Waals surface area contributed by atoms with E-state index in [0.29, 0.717) is 11.0 Å². The lowest BCUT2D eigenvalue weighted by molar-refractivity contribution is 0.451. The maximum absolute atomic E-state index is 9.95. The van der Waals surface area contributed by atoms with Crippen molar-refractivity contribution in [3.05, 3.63) is 17.7 Å². The third-order valence-electron chi connectivity index (χ3n) is 2.27. The van der Waals surface area contributed by atoms with E-state index < -0.39 is 0 Å². The van der Waals surface area contributed by atoms with E-state index in [-0.39, 0.29) is 11.2 Å². The molecule has 14 heavy (non-hydrogen) atoms. The van der Waals surface area contributed by atoms with Crippen molar-refractivity contribution in [2.45, 2.75) is 26.2 Å². The molecule has 0 aliphatic carbocycles. The van der Waals surface area contributed by atoms with Crippen LogP contribution in [0.1, 0.15) is 26.3 Å². The molecule has 0 bridgehead atoms. The summed E-state index contributed by atoms with van der Waals surface area (Å²) in [6.07, 6.45) is 0. The van der Waals surface area contributed by atoms with Crippen LogP contribution in [-0.4, -0.2) is 20.5 Å². The van der Waals surface area contributed by atoms with Gasteiger partial charge in [0.2, 0.25) is 0 Å². The standard InChI is InChI=1S/C10H13N3O/c1-10(2,3)6-4-5-7-8(9(6)14)12-13-11-7/h4-5,14H,1-3H3,(H,11,12,13). The molecule has 0 saturated carbocycles. The summed E-state index contributed by atoms with van der Waals surface area (Å²) < 4.78 is 0. The fourth-order valence-corrected chi connectivity index (χ4v) is 1.50. The van der Waals surface area contributed by atoms with Gasteiger partial charge in [0, 0.05) is 5.56 Å². The minimum absolute atomic E-state index is 0.0861. The van der Waals surface area contributed by atoms with Gasteiger partial charge in [0.15, 0.2) is 5.52 Å². The predicted molar refractivity (Wildman–Crippen MR) is 54.3 cm³/mol. The average molecular weight is 191 g/mol. The predicted octanol–water partition coefficient (Wildman–Crippen LogP) is 1.96. The maximum atomic E-state index is 9.95. The van der Waals surface area contributed by atoms with E-state index in [4.69, 9.17) is 0 Å². The number of aromatic nitrogens is 3. The molecule has 0 spiro atoms. The highest BCUT2D eigenvalue weighted by Crippen LogP contribution is 2.34. The number of aromatic hydroxyl groups is 1. The Morgan fingerprint density at radius 2 is 1.93 bits per heavy atom. The van der Waals surface area contributed by atoms with E-state index in [0.717, 1.165) is 5.56 Å². The molecule has 0 atom stereocenters. The summed E-state index contributed by atoms with van der Waals surface area (Å²) in [6.45, 7) is 6.15. The Balaban J connectivity index is 2.74. The van der Waals surface area contributed by atoms with Gasteiger partial charge in [-0.25, -0.2) is 0 Å². The zero-order chi connectivity index (χ0) is 10.3. The molecule has 0 aliphatic rings. The second kappa shape index (κ2) is 2.70. The molecular weight excluding hydrogens is 178 g/mol. The largest absolute Gasteiger partial charge is 0.505 e. The Labute approximate surface area is 82.0 Å². The number of phenols is 1. The van der Waals surface area contributed by atoms with E-state index in [1.165, 1.54) is 0 Å². The van der Waals surface area contributed by atoms with Crippen LogP contribution in [-0.2, 0) is 5.41 Å². The molecule has 1 aromatic heterocycles. The van der Waals surface area contributed by atoms with E-state index in [1.807, 2.05) is 32.9 Å². The molecule has 1 heterocycles. The first-order valence-electron chi connectivity index (χ1n) is 4.53. The molecule has 74 valence electrons. The summed E-state index contributed by atoms with van der Waals surface area (Å²) in [5.41, 5.74) is 2.03. The van der Waals surface area contributed by atoms with Crippen LogP contribution in [0.3, 0.4) is 0 Å². The van der Waals surface area contributed by atoms with Crippen LogP contribution in [0.5, 0.6) is 5.75 Å². The van der Waals surface area contributed by atoms with Crippen LogP contribution in [0.15, 0.2) is 12.1 Å². The molecule has 2 aromatic rings. The summed E-state index contributed by atoms with van der Waals surface area (Å²) in [5, 5.41) is 20.3. The number of hydrogen-bond acceptors (Lipinski definition) is 3. The van der Waals surface area contributed by atoms with Crippen molar-refractivity contribution >= 4 is 11.0 Å². The number of benzene rings is 1. The average Bonchev–Trinajstić information content (AvgIpc) is 2.50. The van der Waals surface area contributed by atoms with Crippen molar-refractivity contribution in [2.75, 3.05) is 0 Å². The van der Waals surface area contributed by atoms with Gasteiger partial charge in [-0.05, 0) is 11.5 Å². The van der Waals surface area contributed by atoms with Gasteiger partial charge in [-0.3, -0.25) is 0 Å². The third kappa shape index (κ3) is 1.23. The van der Waals surface area contributed by atoms with E-state index in [1.54, 1.807) is 0 Å². The van der Waals surface area contributed by atoms with Gasteiger partial charge in [-0.15, -0.1) is 0 Å². The molecule has 0 aliphatic heterocycles. The van der Waals surface area contributed by atoms with Crippen molar-refractivity contribution < 1.29 is 5.11 Å². The molecule has 0 saturated heterocycles. The van der Waals surface area contributed by atoms with Crippen LogP contribution in [0.2, 0.25) is 0 Å². The van der Waals surface area contributed by atoms with Gasteiger partial charge in [-0.1, -0.05) is 26.8 Å². The lowest BCUT2D eigenvalue weighted by Gasteiger charge is -2.19. The van der Waals surface area contributed by atoms with Crippen molar-refractivity contribution in [1.29, 1.82) is 0 Å². The topological polar surface area (TPSA) is 61.8 Å². The summed E-state index contributed by atoms with van der Waals surface area (Å²) in [7, 11) is 0. The van der Waals surface area contributed by atoms with Crippen molar-refractivity contribution in [2.24, 2.45) is 0 Å². The van der Waals surface area contributed by atoms with Crippen molar-refractivity contribution in [3.8, 4) is 5.75 Å². The summed E-state index contributed by atoms with van der Waals surface area (Å²) in [6, 6.07) is 3.75. The number of rotatable bonds is 0. The molecule has 1 aromatic carbocycles. The fraction of sp³-hybridized carbons (Fsp3) is 0.400. The quantitative estimate of drug-likeness (QED) is 0.669. The number of nitrogens with one attached hydrogen (secondary N) is 1. The Hall–Kier alpha value is -1.58. The van der Waals surface area contributed by atoms with Crippen LogP contribution < -0.4 is 0 Å². The second-order valence-corrected chi connectivity index (χ2v) is 4.40. The normalized spacial score (nSPS) is 12.2. The van der Waals surface area contributed by atoms with Gasteiger partial charge in [0.1, 0.15) is 11.3 Å². The Bertz CT molecular complexity index is 468. The number of fused-ring (bicyclic) bond motifs is 1. The van der Waals surface area contributed by atoms with Gasteiger partial charge in [0.25, 0.3) is 0 Å². The molecule has 4 heteroatoms. The van der Waals surface area contributed by atoms with Crippen molar-refractivity contribution in [1.82, 2.24) is 15.4 Å². The number of H-pyrrole nitrogens is 1. The number of aromatic amines is 1. The minimum Gasteiger partial charge on any atom is -0.505 e. The molecule has 0 unspecified atom stereocenters. The number of nitrogens with zero attached hydrogens (tertiary/aromatic N) is 2. The van der Waals surface area contributed by atoms with Crippen LogP contribution >= 0.6 is 0 Å². The monoisotopic (exact) mass is 191 g/mol. The Morgan fingerprint density at radius 3 is 2.57 bits per heavy atom. The summed E-state index contributed by atoms with van der Waals surface area (Å²) in [5.74, 6) is 0.226. The first kappa shape index (κ1) is 8.99.